The van der Waals surface area contributed by atoms with Gasteiger partial charge in [0.15, 0.2) is 11.5 Å². The summed E-state index contributed by atoms with van der Waals surface area (Å²) in [5.74, 6) is 1.18. The summed E-state index contributed by atoms with van der Waals surface area (Å²) in [7, 11) is 0. The van der Waals surface area contributed by atoms with Crippen LogP contribution in [0.1, 0.15) is 13.0 Å². The Hall–Kier alpha value is -3.03. The molecule has 0 spiro atoms. The number of hydrogen-bond acceptors (Lipinski definition) is 5. The van der Waals surface area contributed by atoms with Crippen molar-refractivity contribution in [2.75, 3.05) is 32.8 Å². The minimum atomic E-state index is -0.646. The molecule has 0 bridgehead atoms. The number of nitrogens with zero attached hydrogens (tertiary/aromatic N) is 4. The number of carbonyl (C=O) groups excluding carboxylic acids is 2. The summed E-state index contributed by atoms with van der Waals surface area (Å²) >= 11 is 0. The van der Waals surface area contributed by atoms with E-state index in [0.717, 1.165) is 0 Å². The minimum absolute atomic E-state index is 0.0336. The molecule has 1 aromatic carbocycles. The third-order valence-electron chi connectivity index (χ3n) is 5.02. The molecule has 0 aliphatic carbocycles. The lowest BCUT2D eigenvalue weighted by Crippen LogP contribution is -2.55. The molecule has 0 unspecified atom stereocenters. The molecule has 8 heteroatoms. The molecule has 2 atom stereocenters. The highest BCUT2D eigenvalue weighted by Gasteiger charge is 2.34. The zero-order valence-electron chi connectivity index (χ0n) is 15.2. The smallest absolute Gasteiger partial charge is 0.267 e. The molecule has 2 aromatic rings. The topological polar surface area (TPSA) is 76.9 Å². The number of carbonyl (C=O) groups is 2. The zero-order chi connectivity index (χ0) is 18.8. The molecule has 2 aliphatic heterocycles. The van der Waals surface area contributed by atoms with E-state index in [1.165, 1.54) is 0 Å². The summed E-state index contributed by atoms with van der Waals surface area (Å²) in [6.45, 7) is 4.05. The second-order valence-electron chi connectivity index (χ2n) is 6.70. The van der Waals surface area contributed by atoms with E-state index < -0.39 is 6.10 Å². The quantitative estimate of drug-likeness (QED) is 0.804. The van der Waals surface area contributed by atoms with Crippen molar-refractivity contribution in [3.05, 3.63) is 43.0 Å². The van der Waals surface area contributed by atoms with Crippen molar-refractivity contribution >= 4 is 11.8 Å². The fourth-order valence-electron chi connectivity index (χ4n) is 3.38. The Bertz CT molecular complexity index is 815. The van der Waals surface area contributed by atoms with Crippen molar-refractivity contribution < 1.29 is 19.1 Å². The summed E-state index contributed by atoms with van der Waals surface area (Å²) in [4.78, 5) is 32.9. The predicted molar refractivity (Wildman–Crippen MR) is 96.5 cm³/mol. The van der Waals surface area contributed by atoms with Gasteiger partial charge in [0, 0.05) is 38.6 Å². The van der Waals surface area contributed by atoms with Gasteiger partial charge in [0.2, 0.25) is 12.0 Å². The van der Waals surface area contributed by atoms with Gasteiger partial charge in [0.25, 0.3) is 5.91 Å². The molecule has 0 saturated carbocycles. The van der Waals surface area contributed by atoms with E-state index in [2.05, 4.69) is 4.98 Å². The van der Waals surface area contributed by atoms with Crippen molar-refractivity contribution in [3.8, 4) is 11.5 Å². The molecule has 2 amide bonds. The van der Waals surface area contributed by atoms with Gasteiger partial charge < -0.3 is 23.8 Å². The molecule has 2 aliphatic rings. The van der Waals surface area contributed by atoms with Gasteiger partial charge in [-0.05, 0) is 19.1 Å². The molecule has 0 N–H and O–H groups in total. The number of hydrogen-bond donors (Lipinski definition) is 0. The lowest BCUT2D eigenvalue weighted by Gasteiger charge is -2.38. The second-order valence-corrected chi connectivity index (χ2v) is 6.70. The summed E-state index contributed by atoms with van der Waals surface area (Å²) in [5, 5.41) is 0. The van der Waals surface area contributed by atoms with Crippen LogP contribution in [0, 0.1) is 0 Å². The number of imidazole rings is 1. The fourth-order valence-corrected chi connectivity index (χ4v) is 3.38. The summed E-state index contributed by atoms with van der Waals surface area (Å²) in [6, 6.07) is 7.03. The van der Waals surface area contributed by atoms with Gasteiger partial charge in [0.05, 0.1) is 6.33 Å². The van der Waals surface area contributed by atoms with Crippen LogP contribution in [-0.2, 0) is 9.59 Å². The summed E-state index contributed by atoms with van der Waals surface area (Å²) < 4.78 is 13.2. The summed E-state index contributed by atoms with van der Waals surface area (Å²) in [6.07, 6.45) is 4.43. The first-order valence-electron chi connectivity index (χ1n) is 9.07. The van der Waals surface area contributed by atoms with Crippen molar-refractivity contribution in [2.45, 2.75) is 19.1 Å². The third-order valence-corrected chi connectivity index (χ3v) is 5.02. The van der Waals surface area contributed by atoms with Gasteiger partial charge in [-0.1, -0.05) is 12.1 Å². The Morgan fingerprint density at radius 3 is 2.52 bits per heavy atom. The standard InChI is InChI=1S/C19H22N4O4/c1-14(23-7-6-20-13-23)18(24)21-8-10-22(11-9-21)19(25)17-12-26-15-4-2-3-5-16(15)27-17/h2-7,13-14,17H,8-12H2,1H3/t14-,17+/m1/s1. The van der Waals surface area contributed by atoms with Crippen LogP contribution < -0.4 is 9.47 Å². The van der Waals surface area contributed by atoms with Crippen molar-refractivity contribution in [1.29, 1.82) is 0 Å². The Kier molecular flexibility index (Phi) is 4.70. The van der Waals surface area contributed by atoms with E-state index in [9.17, 15) is 9.59 Å². The van der Waals surface area contributed by atoms with Crippen molar-refractivity contribution in [2.24, 2.45) is 0 Å². The van der Waals surface area contributed by atoms with Crippen LogP contribution >= 0.6 is 0 Å². The first-order chi connectivity index (χ1) is 13.1. The molecule has 1 aromatic heterocycles. The Morgan fingerprint density at radius 1 is 1.11 bits per heavy atom. The van der Waals surface area contributed by atoms with Gasteiger partial charge in [-0.25, -0.2) is 4.98 Å². The maximum Gasteiger partial charge on any atom is 0.267 e. The number of fused-ring (bicyclic) bond motifs is 1. The van der Waals surface area contributed by atoms with Crippen LogP contribution in [0.3, 0.4) is 0 Å². The molecule has 27 heavy (non-hydrogen) atoms. The van der Waals surface area contributed by atoms with E-state index in [1.807, 2.05) is 25.1 Å². The average molecular weight is 370 g/mol. The Labute approximate surface area is 157 Å². The molecular weight excluding hydrogens is 348 g/mol. The highest BCUT2D eigenvalue weighted by molar-refractivity contribution is 5.83. The van der Waals surface area contributed by atoms with Crippen LogP contribution in [0.2, 0.25) is 0 Å². The third kappa shape index (κ3) is 3.47. The number of para-hydroxylation sites is 2. The van der Waals surface area contributed by atoms with E-state index in [4.69, 9.17) is 9.47 Å². The number of piperazine rings is 1. The molecular formula is C19H22N4O4. The molecule has 1 fully saturated rings. The van der Waals surface area contributed by atoms with Crippen LogP contribution in [0.5, 0.6) is 11.5 Å². The van der Waals surface area contributed by atoms with Crippen LogP contribution in [-0.4, -0.2) is 70.1 Å². The average Bonchev–Trinajstić information content (AvgIpc) is 3.27. The molecule has 8 nitrogen and oxygen atoms in total. The highest BCUT2D eigenvalue weighted by atomic mass is 16.6. The van der Waals surface area contributed by atoms with Gasteiger partial charge in [-0.2, -0.15) is 0 Å². The fraction of sp³-hybridized carbons (Fsp3) is 0.421. The predicted octanol–water partition coefficient (Wildman–Crippen LogP) is 0.955. The van der Waals surface area contributed by atoms with Crippen molar-refractivity contribution in [1.82, 2.24) is 19.4 Å². The maximum atomic E-state index is 12.8. The highest BCUT2D eigenvalue weighted by Crippen LogP contribution is 2.31. The van der Waals surface area contributed by atoms with E-state index >= 15 is 0 Å². The number of rotatable bonds is 3. The lowest BCUT2D eigenvalue weighted by molar-refractivity contribution is -0.147. The van der Waals surface area contributed by atoms with E-state index in [1.54, 1.807) is 39.2 Å². The first kappa shape index (κ1) is 17.4. The normalized spacial score (nSPS) is 20.3. The second kappa shape index (κ2) is 7.30. The van der Waals surface area contributed by atoms with Gasteiger partial charge in [-0.15, -0.1) is 0 Å². The SMILES string of the molecule is C[C@H](C(=O)N1CCN(C(=O)[C@@H]2COc3ccccc3O2)CC1)n1ccnc1. The largest absolute Gasteiger partial charge is 0.485 e. The van der Waals surface area contributed by atoms with Gasteiger partial charge in [-0.3, -0.25) is 9.59 Å². The molecule has 0 radical (unpaired) electrons. The molecule has 142 valence electrons. The number of aromatic nitrogens is 2. The number of ether oxygens (including phenoxy) is 2. The Balaban J connectivity index is 1.33. The zero-order valence-corrected chi connectivity index (χ0v) is 15.2. The van der Waals surface area contributed by atoms with Crippen LogP contribution in [0.25, 0.3) is 0 Å². The first-order valence-corrected chi connectivity index (χ1v) is 9.07. The molecule has 1 saturated heterocycles. The number of benzene rings is 1. The lowest BCUT2D eigenvalue weighted by atomic mass is 10.2. The Morgan fingerprint density at radius 2 is 1.81 bits per heavy atom. The summed E-state index contributed by atoms with van der Waals surface area (Å²) in [5.41, 5.74) is 0. The minimum Gasteiger partial charge on any atom is -0.485 e. The van der Waals surface area contributed by atoms with Crippen LogP contribution in [0.4, 0.5) is 0 Å². The number of amides is 2. The van der Waals surface area contributed by atoms with E-state index in [0.29, 0.717) is 37.7 Å². The van der Waals surface area contributed by atoms with Crippen LogP contribution in [0.15, 0.2) is 43.0 Å². The van der Waals surface area contributed by atoms with Gasteiger partial charge in [0.1, 0.15) is 12.6 Å². The molecule has 3 heterocycles. The monoisotopic (exact) mass is 370 g/mol. The van der Waals surface area contributed by atoms with Crippen molar-refractivity contribution in [3.63, 3.8) is 0 Å². The van der Waals surface area contributed by atoms with Gasteiger partial charge >= 0.3 is 0 Å². The van der Waals surface area contributed by atoms with E-state index in [-0.39, 0.29) is 24.5 Å². The maximum absolute atomic E-state index is 12.8. The molecule has 4 rings (SSSR count).